The van der Waals surface area contributed by atoms with Crippen molar-refractivity contribution in [2.45, 2.75) is 52.6 Å². The fourth-order valence-corrected chi connectivity index (χ4v) is 7.69. The van der Waals surface area contributed by atoms with Gasteiger partial charge in [0.1, 0.15) is 0 Å². The Labute approximate surface area is 158 Å². The third-order valence-electron chi connectivity index (χ3n) is 5.57. The van der Waals surface area contributed by atoms with Gasteiger partial charge in [-0.1, -0.05) is 0 Å². The van der Waals surface area contributed by atoms with Crippen LogP contribution in [0, 0.1) is 5.92 Å². The van der Waals surface area contributed by atoms with Crippen molar-refractivity contribution >= 4 is 8.80 Å². The Balaban J connectivity index is 0.00000110. The quantitative estimate of drug-likeness (QED) is 0.485. The van der Waals surface area contributed by atoms with E-state index in [1.54, 1.807) is 68.0 Å². The van der Waals surface area contributed by atoms with E-state index in [0.29, 0.717) is 5.92 Å². The van der Waals surface area contributed by atoms with Crippen LogP contribution in [0.15, 0.2) is 42.4 Å². The van der Waals surface area contributed by atoms with E-state index < -0.39 is 8.80 Å². The van der Waals surface area contributed by atoms with Gasteiger partial charge in [0.05, 0.1) is 0 Å². The third-order valence-corrected chi connectivity index (χ3v) is 10.3. The molecule has 1 fully saturated rings. The van der Waals surface area contributed by atoms with Crippen molar-refractivity contribution < 1.29 is 49.5 Å². The summed E-state index contributed by atoms with van der Waals surface area (Å²) in [4.78, 5) is 0. The van der Waals surface area contributed by atoms with E-state index in [2.05, 4.69) is 33.8 Å². The number of halogens is 2. The fraction of sp³-hybridized carbons (Fsp3) is 0.529. The number of hydrogen-bond acceptors (Lipinski definition) is 0. The van der Waals surface area contributed by atoms with Crippen LogP contribution < -0.4 is 24.8 Å². The molecule has 0 nitrogen and oxygen atoms in total. The molecule has 0 N–H and O–H groups in total. The summed E-state index contributed by atoms with van der Waals surface area (Å²) in [5.41, 5.74) is 8.19. The molecule has 3 aliphatic rings. The summed E-state index contributed by atoms with van der Waals surface area (Å²) in [5, 5.41) is 1.85. The zero-order chi connectivity index (χ0) is 13.7. The van der Waals surface area contributed by atoms with E-state index >= 15 is 0 Å². The SMILES string of the molecule is CC1=C(C)C(C)C(C2=[C]([Zr+2])CC=C2[SiH]2CCC2)=C1C.[Cl-].[Cl-]. The summed E-state index contributed by atoms with van der Waals surface area (Å²) in [6.07, 6.45) is 5.36. The van der Waals surface area contributed by atoms with E-state index in [1.165, 1.54) is 12.8 Å². The molecule has 0 bridgehead atoms. The molecule has 1 saturated heterocycles. The molecule has 0 aromatic carbocycles. The Morgan fingerprint density at radius 1 is 1.10 bits per heavy atom. The number of rotatable bonds is 2. The summed E-state index contributed by atoms with van der Waals surface area (Å²) in [7, 11) is -0.536. The molecule has 2 aliphatic carbocycles. The van der Waals surface area contributed by atoms with Gasteiger partial charge in [-0.05, 0) is 0 Å². The molecule has 0 saturated carbocycles. The first-order valence-corrected chi connectivity index (χ1v) is 11.0. The van der Waals surface area contributed by atoms with Crippen LogP contribution in [0.2, 0.25) is 12.1 Å². The van der Waals surface area contributed by atoms with Gasteiger partial charge < -0.3 is 24.8 Å². The van der Waals surface area contributed by atoms with Crippen LogP contribution in [-0.2, 0) is 24.7 Å². The molecule has 0 amide bonds. The van der Waals surface area contributed by atoms with Gasteiger partial charge in [0, 0.05) is 0 Å². The topological polar surface area (TPSA) is 0 Å². The molecule has 1 atom stereocenters. The fourth-order valence-electron chi connectivity index (χ4n) is 3.77. The molecule has 113 valence electrons. The Morgan fingerprint density at radius 2 is 1.71 bits per heavy atom. The zero-order valence-corrected chi connectivity index (χ0v) is 18.4. The Kier molecular flexibility index (Phi) is 7.01. The van der Waals surface area contributed by atoms with Gasteiger partial charge in [-0.2, -0.15) is 0 Å². The first-order valence-electron chi connectivity index (χ1n) is 7.56. The van der Waals surface area contributed by atoms with Crippen LogP contribution in [0.5, 0.6) is 0 Å². The van der Waals surface area contributed by atoms with Crippen molar-refractivity contribution in [1.29, 1.82) is 0 Å². The summed E-state index contributed by atoms with van der Waals surface area (Å²) in [5.74, 6) is 0.654. The summed E-state index contributed by atoms with van der Waals surface area (Å²) in [6.45, 7) is 9.42. The van der Waals surface area contributed by atoms with E-state index in [1.807, 2.05) is 5.20 Å². The molecular formula is C17H23Cl2SiZr. The minimum absolute atomic E-state index is 0. The van der Waals surface area contributed by atoms with E-state index in [9.17, 15) is 0 Å². The Hall–Kier alpha value is 0.640. The third kappa shape index (κ3) is 3.16. The number of allylic oxidation sites excluding steroid dienone is 8. The van der Waals surface area contributed by atoms with Gasteiger partial charge >= 0.3 is 134 Å². The first-order chi connectivity index (χ1) is 9.02. The van der Waals surface area contributed by atoms with Crippen LogP contribution in [-0.4, -0.2) is 8.80 Å². The van der Waals surface area contributed by atoms with Crippen LogP contribution >= 0.6 is 0 Å². The average Bonchev–Trinajstić information content (AvgIpc) is 2.75. The zero-order valence-electron chi connectivity index (χ0n) is 13.3. The van der Waals surface area contributed by atoms with Gasteiger partial charge in [-0.3, -0.25) is 0 Å². The second-order valence-electron chi connectivity index (χ2n) is 6.41. The van der Waals surface area contributed by atoms with Gasteiger partial charge in [0.25, 0.3) is 0 Å². The standard InChI is InChI=1S/C17H23Si.2ClH.Zr/c1-11-12(2)14(4)17(13(11)3)15-7-5-8-16(15)18-9-6-10-18;;;/h8,13,18H,5-6,9-10H2,1-4H3;2*1H;/q;;;+2/p-2. The predicted octanol–water partition coefficient (Wildman–Crippen LogP) is -1.40. The summed E-state index contributed by atoms with van der Waals surface area (Å²) < 4.78 is 1.73. The van der Waals surface area contributed by atoms with E-state index in [0.717, 1.165) is 0 Å². The van der Waals surface area contributed by atoms with Gasteiger partial charge in [0.2, 0.25) is 0 Å². The second kappa shape index (κ2) is 7.47. The van der Waals surface area contributed by atoms with Gasteiger partial charge in [0.15, 0.2) is 0 Å². The molecule has 0 spiro atoms. The van der Waals surface area contributed by atoms with Gasteiger partial charge in [-0.15, -0.1) is 0 Å². The molecule has 0 aromatic rings. The van der Waals surface area contributed by atoms with Crippen molar-refractivity contribution in [3.8, 4) is 0 Å². The van der Waals surface area contributed by atoms with Crippen LogP contribution in [0.4, 0.5) is 0 Å². The molecular weight excluding hydrogens is 394 g/mol. The van der Waals surface area contributed by atoms with Gasteiger partial charge in [-0.25, -0.2) is 0 Å². The maximum Gasteiger partial charge on any atom is -1.00 e. The first kappa shape index (κ1) is 19.7. The minimum atomic E-state index is -0.536. The van der Waals surface area contributed by atoms with Crippen molar-refractivity contribution in [3.63, 3.8) is 0 Å². The normalized spacial score (nSPS) is 25.8. The van der Waals surface area contributed by atoms with Crippen molar-refractivity contribution in [2.24, 2.45) is 5.92 Å². The maximum atomic E-state index is 2.60. The van der Waals surface area contributed by atoms with Crippen LogP contribution in [0.3, 0.4) is 0 Å². The van der Waals surface area contributed by atoms with Crippen molar-refractivity contribution in [3.05, 3.63) is 42.4 Å². The molecule has 3 rings (SSSR count). The minimum Gasteiger partial charge on any atom is -1.00 e. The molecule has 1 aliphatic heterocycles. The summed E-state index contributed by atoms with van der Waals surface area (Å²) >= 11 is 1.64. The molecule has 1 heterocycles. The van der Waals surface area contributed by atoms with Crippen molar-refractivity contribution in [1.82, 2.24) is 0 Å². The maximum absolute atomic E-state index is 2.60. The smallest absolute Gasteiger partial charge is 1.00 e. The van der Waals surface area contributed by atoms with E-state index in [-0.39, 0.29) is 24.8 Å². The Bertz CT molecular complexity index is 565. The van der Waals surface area contributed by atoms with Crippen molar-refractivity contribution in [2.75, 3.05) is 0 Å². The molecule has 21 heavy (non-hydrogen) atoms. The largest absolute Gasteiger partial charge is 1.00 e. The van der Waals surface area contributed by atoms with E-state index in [4.69, 9.17) is 0 Å². The molecule has 4 heteroatoms. The number of hydrogen-bond donors (Lipinski definition) is 0. The van der Waals surface area contributed by atoms with Crippen LogP contribution in [0.1, 0.15) is 40.5 Å². The summed E-state index contributed by atoms with van der Waals surface area (Å²) in [6, 6.07) is 3.12. The predicted molar refractivity (Wildman–Crippen MR) is 81.3 cm³/mol. The van der Waals surface area contributed by atoms with Crippen LogP contribution in [0.25, 0.3) is 0 Å². The Morgan fingerprint density at radius 3 is 2.14 bits per heavy atom. The molecule has 0 radical (unpaired) electrons. The average molecular weight is 418 g/mol. The second-order valence-corrected chi connectivity index (χ2v) is 11.1. The molecule has 1 unspecified atom stereocenters. The molecule has 0 aromatic heterocycles. The monoisotopic (exact) mass is 415 g/mol.